The van der Waals surface area contributed by atoms with Gasteiger partial charge in [0, 0.05) is 17.7 Å². The lowest BCUT2D eigenvalue weighted by molar-refractivity contribution is -0.139. The first kappa shape index (κ1) is 11.4. The molecule has 0 saturated carbocycles. The maximum absolute atomic E-state index is 13.2. The second-order valence-electron chi connectivity index (χ2n) is 2.90. The molecule has 15 heavy (non-hydrogen) atoms. The third-order valence-corrected chi connectivity index (χ3v) is 1.82. The Morgan fingerprint density at radius 2 is 2.13 bits per heavy atom. The molecule has 0 fully saturated rings. The van der Waals surface area contributed by atoms with Gasteiger partial charge in [-0.25, -0.2) is 13.6 Å². The van der Waals surface area contributed by atoms with Gasteiger partial charge in [0.2, 0.25) is 0 Å². The van der Waals surface area contributed by atoms with Crippen LogP contribution in [0.4, 0.5) is 8.78 Å². The van der Waals surface area contributed by atoms with Crippen LogP contribution in [0.25, 0.3) is 0 Å². The summed E-state index contributed by atoms with van der Waals surface area (Å²) in [5, 5.41) is 8.36. The number of carboxylic acids is 1. The van der Waals surface area contributed by atoms with Gasteiger partial charge in [0.25, 0.3) is 0 Å². The Morgan fingerprint density at radius 3 is 2.67 bits per heavy atom. The number of hydrogen-bond donors (Lipinski definition) is 1. The molecule has 1 aromatic carbocycles. The molecular weight excluding hydrogens is 206 g/mol. The maximum atomic E-state index is 13.2. The van der Waals surface area contributed by atoms with Gasteiger partial charge >= 0.3 is 5.97 Å². The molecule has 3 nitrogen and oxygen atoms in total. The summed E-state index contributed by atoms with van der Waals surface area (Å²) in [4.78, 5) is 10.2. The average Bonchev–Trinajstić information content (AvgIpc) is 2.13. The van der Waals surface area contributed by atoms with Crippen LogP contribution in [0, 0.1) is 11.6 Å². The van der Waals surface area contributed by atoms with E-state index in [0.717, 1.165) is 12.1 Å². The Labute approximate surface area is 85.3 Å². The van der Waals surface area contributed by atoms with Gasteiger partial charge in [-0.15, -0.1) is 0 Å². The number of carboxylic acid groups (broad SMARTS) is 1. The minimum absolute atomic E-state index is 0.0580. The van der Waals surface area contributed by atoms with Crippen LogP contribution >= 0.6 is 0 Å². The summed E-state index contributed by atoms with van der Waals surface area (Å²) in [6.07, 6.45) is 0.307. The van der Waals surface area contributed by atoms with Gasteiger partial charge < -0.3 is 9.84 Å². The Bertz CT molecular complexity index is 377. The van der Waals surface area contributed by atoms with Crippen molar-refractivity contribution < 1.29 is 23.4 Å². The van der Waals surface area contributed by atoms with Gasteiger partial charge in [0.1, 0.15) is 17.4 Å². The fourth-order valence-corrected chi connectivity index (χ4v) is 1.19. The Morgan fingerprint density at radius 1 is 1.47 bits per heavy atom. The molecule has 1 N–H and O–H groups in total. The van der Waals surface area contributed by atoms with Crippen molar-refractivity contribution in [3.63, 3.8) is 0 Å². The van der Waals surface area contributed by atoms with Crippen molar-refractivity contribution in [1.29, 1.82) is 0 Å². The van der Waals surface area contributed by atoms with E-state index in [1.807, 2.05) is 0 Å². The maximum Gasteiger partial charge on any atom is 0.341 e. The summed E-state index contributed by atoms with van der Waals surface area (Å²) in [6.45, 7) is 1.06. The second-order valence-corrected chi connectivity index (χ2v) is 2.90. The SMILES string of the molecule is CCc1c(F)cc(F)cc1OCC(=O)O. The van der Waals surface area contributed by atoms with Crippen LogP contribution in [0.2, 0.25) is 0 Å². The van der Waals surface area contributed by atoms with Crippen molar-refractivity contribution in [2.24, 2.45) is 0 Å². The first-order valence-corrected chi connectivity index (χ1v) is 4.37. The lowest BCUT2D eigenvalue weighted by Gasteiger charge is -2.09. The van der Waals surface area contributed by atoms with Gasteiger partial charge in [-0.1, -0.05) is 6.92 Å². The predicted octanol–water partition coefficient (Wildman–Crippen LogP) is 1.99. The first-order chi connectivity index (χ1) is 7.04. The molecule has 5 heteroatoms. The summed E-state index contributed by atoms with van der Waals surface area (Å²) in [6, 6.07) is 1.72. The Hall–Kier alpha value is -1.65. The molecule has 0 bridgehead atoms. The molecule has 0 radical (unpaired) electrons. The second kappa shape index (κ2) is 4.72. The van der Waals surface area contributed by atoms with E-state index in [0.29, 0.717) is 6.42 Å². The van der Waals surface area contributed by atoms with E-state index in [4.69, 9.17) is 9.84 Å². The van der Waals surface area contributed by atoms with Crippen molar-refractivity contribution in [3.8, 4) is 5.75 Å². The highest BCUT2D eigenvalue weighted by atomic mass is 19.1. The molecule has 0 aromatic heterocycles. The number of ether oxygens (including phenoxy) is 1. The largest absolute Gasteiger partial charge is 0.481 e. The molecule has 0 spiro atoms. The number of halogens is 2. The number of carbonyl (C=O) groups is 1. The Kier molecular flexibility index (Phi) is 3.60. The van der Waals surface area contributed by atoms with Crippen LogP contribution in [-0.4, -0.2) is 17.7 Å². The van der Waals surface area contributed by atoms with Crippen molar-refractivity contribution in [1.82, 2.24) is 0 Å². The standard InChI is InChI=1S/C10H10F2O3/c1-2-7-8(12)3-6(11)4-9(7)15-5-10(13)14/h3-4H,2,5H2,1H3,(H,13,14). The molecular formula is C10H10F2O3. The van der Waals surface area contributed by atoms with Crippen LogP contribution in [0.1, 0.15) is 12.5 Å². The summed E-state index contributed by atoms with van der Waals surface area (Å²) in [5.74, 6) is -2.76. The lowest BCUT2D eigenvalue weighted by Crippen LogP contribution is -2.11. The normalized spacial score (nSPS) is 10.1. The first-order valence-electron chi connectivity index (χ1n) is 4.37. The van der Waals surface area contributed by atoms with Crippen molar-refractivity contribution >= 4 is 5.97 Å². The van der Waals surface area contributed by atoms with Crippen LogP contribution in [0.15, 0.2) is 12.1 Å². The van der Waals surface area contributed by atoms with Crippen molar-refractivity contribution in [2.75, 3.05) is 6.61 Å². The minimum Gasteiger partial charge on any atom is -0.481 e. The molecule has 1 rings (SSSR count). The third-order valence-electron chi connectivity index (χ3n) is 1.82. The van der Waals surface area contributed by atoms with E-state index in [1.54, 1.807) is 6.92 Å². The van der Waals surface area contributed by atoms with Gasteiger partial charge in [0.05, 0.1) is 0 Å². The number of benzene rings is 1. The zero-order valence-corrected chi connectivity index (χ0v) is 8.09. The van der Waals surface area contributed by atoms with Crippen LogP contribution < -0.4 is 4.74 Å². The molecule has 1 aromatic rings. The van der Waals surface area contributed by atoms with Crippen molar-refractivity contribution in [3.05, 3.63) is 29.3 Å². The van der Waals surface area contributed by atoms with Crippen LogP contribution in [-0.2, 0) is 11.2 Å². The quantitative estimate of drug-likeness (QED) is 0.837. The Balaban J connectivity index is 2.98. The monoisotopic (exact) mass is 216 g/mol. The summed E-state index contributed by atoms with van der Waals surface area (Å²) in [5.41, 5.74) is 0.178. The molecule has 0 aliphatic carbocycles. The van der Waals surface area contributed by atoms with Crippen molar-refractivity contribution in [2.45, 2.75) is 13.3 Å². The van der Waals surface area contributed by atoms with E-state index < -0.39 is 24.2 Å². The zero-order chi connectivity index (χ0) is 11.4. The summed E-state index contributed by atoms with van der Waals surface area (Å²) >= 11 is 0. The summed E-state index contributed by atoms with van der Waals surface area (Å²) in [7, 11) is 0. The third kappa shape index (κ3) is 2.90. The van der Waals surface area contributed by atoms with E-state index in [2.05, 4.69) is 0 Å². The average molecular weight is 216 g/mol. The van der Waals surface area contributed by atoms with E-state index in [9.17, 15) is 13.6 Å². The number of rotatable bonds is 4. The fourth-order valence-electron chi connectivity index (χ4n) is 1.19. The van der Waals surface area contributed by atoms with E-state index >= 15 is 0 Å². The van der Waals surface area contributed by atoms with Gasteiger partial charge in [-0.2, -0.15) is 0 Å². The molecule has 0 atom stereocenters. The highest BCUT2D eigenvalue weighted by Crippen LogP contribution is 2.23. The fraction of sp³-hybridized carbons (Fsp3) is 0.300. The van der Waals surface area contributed by atoms with Crippen LogP contribution in [0.3, 0.4) is 0 Å². The highest BCUT2D eigenvalue weighted by molar-refractivity contribution is 5.68. The lowest BCUT2D eigenvalue weighted by atomic mass is 10.1. The summed E-state index contributed by atoms with van der Waals surface area (Å²) < 4.78 is 30.7. The highest BCUT2D eigenvalue weighted by Gasteiger charge is 2.11. The topological polar surface area (TPSA) is 46.5 Å². The van der Waals surface area contributed by atoms with E-state index in [-0.39, 0.29) is 11.3 Å². The van der Waals surface area contributed by atoms with Crippen LogP contribution in [0.5, 0.6) is 5.75 Å². The minimum atomic E-state index is -1.19. The molecule has 0 aliphatic rings. The molecule has 0 aliphatic heterocycles. The number of hydrogen-bond acceptors (Lipinski definition) is 2. The van der Waals surface area contributed by atoms with Gasteiger partial charge in [-0.3, -0.25) is 0 Å². The molecule has 0 unspecified atom stereocenters. The van der Waals surface area contributed by atoms with E-state index in [1.165, 1.54) is 0 Å². The zero-order valence-electron chi connectivity index (χ0n) is 8.09. The molecule has 82 valence electrons. The molecule has 0 saturated heterocycles. The smallest absolute Gasteiger partial charge is 0.341 e. The molecule has 0 amide bonds. The van der Waals surface area contributed by atoms with Gasteiger partial charge in [0.15, 0.2) is 6.61 Å². The number of aliphatic carboxylic acids is 1. The molecule has 0 heterocycles. The van der Waals surface area contributed by atoms with Gasteiger partial charge in [-0.05, 0) is 6.42 Å². The predicted molar refractivity (Wildman–Crippen MR) is 48.9 cm³/mol.